The normalized spacial score (nSPS) is 14.9. The van der Waals surface area contributed by atoms with Crippen LogP contribution in [0.4, 0.5) is 0 Å². The predicted octanol–water partition coefficient (Wildman–Crippen LogP) is 1.37. The second-order valence-electron chi connectivity index (χ2n) is 4.84. The van der Waals surface area contributed by atoms with Gasteiger partial charge in [-0.05, 0) is 23.3 Å². The highest BCUT2D eigenvalue weighted by molar-refractivity contribution is 7.83. The molecule has 0 bridgehead atoms. The fraction of sp³-hybridized carbons (Fsp3) is 0.214. The van der Waals surface area contributed by atoms with Gasteiger partial charge in [0, 0.05) is 0 Å². The van der Waals surface area contributed by atoms with Crippen molar-refractivity contribution >= 4 is 27.0 Å². The van der Waals surface area contributed by atoms with E-state index in [-0.39, 0.29) is 0 Å². The third-order valence-corrected chi connectivity index (χ3v) is 4.50. The summed E-state index contributed by atoms with van der Waals surface area (Å²) < 4.78 is 32.9. The Labute approximate surface area is 127 Å². The first kappa shape index (κ1) is 16.4. The Morgan fingerprint density at radius 2 is 1.77 bits per heavy atom. The van der Waals surface area contributed by atoms with E-state index in [1.54, 1.807) is 24.3 Å². The fourth-order valence-corrected chi connectivity index (χ4v) is 3.23. The van der Waals surface area contributed by atoms with Crippen LogP contribution in [0, 0.1) is 0 Å². The number of benzene rings is 2. The summed E-state index contributed by atoms with van der Waals surface area (Å²) >= 11 is 0. The van der Waals surface area contributed by atoms with Crippen molar-refractivity contribution in [1.82, 2.24) is 4.31 Å². The van der Waals surface area contributed by atoms with Gasteiger partial charge in [-0.2, -0.15) is 8.42 Å². The van der Waals surface area contributed by atoms with E-state index in [4.69, 9.17) is 10.8 Å². The van der Waals surface area contributed by atoms with Crippen molar-refractivity contribution in [3.8, 4) is 0 Å². The summed E-state index contributed by atoms with van der Waals surface area (Å²) in [6.07, 6.45) is -1.33. The van der Waals surface area contributed by atoms with Crippen molar-refractivity contribution in [1.29, 1.82) is 0 Å². The van der Waals surface area contributed by atoms with Crippen LogP contribution < -0.4 is 5.73 Å². The van der Waals surface area contributed by atoms with Crippen LogP contribution in [-0.2, 0) is 15.1 Å². The summed E-state index contributed by atoms with van der Waals surface area (Å²) in [5, 5.41) is 10.6. The van der Waals surface area contributed by atoms with Crippen molar-refractivity contribution in [2.75, 3.05) is 0 Å². The smallest absolute Gasteiger partial charge is 0.338 e. The molecule has 0 aliphatic carbocycles. The monoisotopic (exact) mass is 324 g/mol. The highest BCUT2D eigenvalue weighted by Gasteiger charge is 2.36. The molecule has 118 valence electrons. The van der Waals surface area contributed by atoms with Crippen molar-refractivity contribution in [3.63, 3.8) is 0 Å². The predicted molar refractivity (Wildman–Crippen MR) is 81.4 cm³/mol. The largest absolute Gasteiger partial charge is 0.480 e. The van der Waals surface area contributed by atoms with Crippen LogP contribution in [0.1, 0.15) is 18.7 Å². The molecule has 0 heterocycles. The third kappa shape index (κ3) is 3.09. The molecule has 22 heavy (non-hydrogen) atoms. The van der Waals surface area contributed by atoms with Gasteiger partial charge in [-0.25, -0.2) is 0 Å². The minimum atomic E-state index is -4.80. The van der Waals surface area contributed by atoms with Gasteiger partial charge in [0.05, 0.1) is 0 Å². The lowest BCUT2D eigenvalue weighted by Crippen LogP contribution is -2.48. The van der Waals surface area contributed by atoms with Crippen molar-refractivity contribution in [3.05, 3.63) is 48.0 Å². The van der Waals surface area contributed by atoms with Crippen molar-refractivity contribution in [2.24, 2.45) is 5.73 Å². The Hall–Kier alpha value is -2.00. The molecule has 7 nitrogen and oxygen atoms in total. The molecule has 2 rings (SSSR count). The summed E-state index contributed by atoms with van der Waals surface area (Å²) in [4.78, 5) is 11.1. The van der Waals surface area contributed by atoms with E-state index in [0.717, 1.165) is 12.3 Å². The summed E-state index contributed by atoms with van der Waals surface area (Å²) in [6.45, 7) is 1.14. The zero-order valence-corrected chi connectivity index (χ0v) is 12.6. The van der Waals surface area contributed by atoms with E-state index in [2.05, 4.69) is 0 Å². The summed E-state index contributed by atoms with van der Waals surface area (Å²) in [5.74, 6) is -1.41. The molecule has 0 aromatic heterocycles. The highest BCUT2D eigenvalue weighted by atomic mass is 32.2. The van der Waals surface area contributed by atoms with E-state index < -0.39 is 28.5 Å². The minimum Gasteiger partial charge on any atom is -0.480 e. The van der Waals surface area contributed by atoms with Crippen LogP contribution in [0.15, 0.2) is 42.5 Å². The topological polar surface area (TPSA) is 121 Å². The lowest BCUT2D eigenvalue weighted by Gasteiger charge is -2.29. The molecule has 1 unspecified atom stereocenters. The summed E-state index contributed by atoms with van der Waals surface area (Å²) in [6, 6.07) is 10.7. The van der Waals surface area contributed by atoms with E-state index in [0.29, 0.717) is 15.3 Å². The molecule has 0 spiro atoms. The number of rotatable bonds is 5. The molecule has 0 amide bonds. The van der Waals surface area contributed by atoms with Gasteiger partial charge >= 0.3 is 16.3 Å². The standard InChI is InChI=1S/C14H16N2O5S/c1-9(14(17)18)16(22(19,20)21)13(15)12-8-4-6-10-5-2-3-7-11(10)12/h2-9,13H,15H2,1H3,(H,17,18)(H,19,20,21)/t9-,13?/m0/s1. The maximum Gasteiger partial charge on any atom is 0.338 e. The number of carboxylic acids is 1. The molecule has 8 heteroatoms. The quantitative estimate of drug-likeness (QED) is 0.564. The van der Waals surface area contributed by atoms with Crippen molar-refractivity contribution in [2.45, 2.75) is 19.1 Å². The van der Waals surface area contributed by atoms with Crippen molar-refractivity contribution < 1.29 is 22.9 Å². The number of carbonyl (C=O) groups is 1. The first-order valence-electron chi connectivity index (χ1n) is 6.45. The third-order valence-electron chi connectivity index (χ3n) is 3.42. The van der Waals surface area contributed by atoms with Gasteiger partial charge < -0.3 is 10.8 Å². The number of aliphatic carboxylic acids is 1. The van der Waals surface area contributed by atoms with Gasteiger partial charge in [-0.3, -0.25) is 9.35 Å². The van der Waals surface area contributed by atoms with E-state index in [1.165, 1.54) is 0 Å². The second kappa shape index (κ2) is 6.01. The molecule has 2 aromatic carbocycles. The highest BCUT2D eigenvalue weighted by Crippen LogP contribution is 2.28. The van der Waals surface area contributed by atoms with Crippen LogP contribution in [0.25, 0.3) is 10.8 Å². The number of nitrogens with zero attached hydrogens (tertiary/aromatic N) is 1. The minimum absolute atomic E-state index is 0.372. The molecule has 0 saturated heterocycles. The fourth-order valence-electron chi connectivity index (χ4n) is 2.34. The number of hydrogen-bond donors (Lipinski definition) is 3. The molecule has 2 atom stereocenters. The van der Waals surface area contributed by atoms with Crippen LogP contribution >= 0.6 is 0 Å². The molecular weight excluding hydrogens is 308 g/mol. The molecular formula is C14H16N2O5S. The number of nitrogens with two attached hydrogens (primary N) is 1. The lowest BCUT2D eigenvalue weighted by atomic mass is 10.0. The molecule has 2 aromatic rings. The van der Waals surface area contributed by atoms with E-state index >= 15 is 0 Å². The second-order valence-corrected chi connectivity index (χ2v) is 6.15. The van der Waals surface area contributed by atoms with E-state index in [1.807, 2.05) is 18.2 Å². The zero-order chi connectivity index (χ0) is 16.5. The maximum atomic E-state index is 11.6. The summed E-state index contributed by atoms with van der Waals surface area (Å²) in [7, 11) is -4.80. The van der Waals surface area contributed by atoms with Gasteiger partial charge in [-0.15, -0.1) is 4.31 Å². The molecule has 0 fully saturated rings. The first-order chi connectivity index (χ1) is 10.2. The van der Waals surface area contributed by atoms with Gasteiger partial charge in [0.2, 0.25) is 0 Å². The van der Waals surface area contributed by atoms with Gasteiger partial charge in [-0.1, -0.05) is 42.5 Å². The first-order valence-corrected chi connectivity index (χ1v) is 7.85. The average Bonchev–Trinajstić information content (AvgIpc) is 2.45. The van der Waals surface area contributed by atoms with Crippen LogP contribution in [0.5, 0.6) is 0 Å². The number of hydrogen-bond acceptors (Lipinski definition) is 4. The summed E-state index contributed by atoms with van der Waals surface area (Å²) in [5.41, 5.74) is 6.36. The number of carboxylic acid groups (broad SMARTS) is 1. The Bertz CT molecular complexity index is 800. The Kier molecular flexibility index (Phi) is 4.47. The van der Waals surface area contributed by atoms with Crippen LogP contribution in [0.3, 0.4) is 0 Å². The molecule has 4 N–H and O–H groups in total. The average molecular weight is 324 g/mol. The van der Waals surface area contributed by atoms with E-state index in [9.17, 15) is 17.8 Å². The molecule has 0 radical (unpaired) electrons. The molecule has 0 aliphatic rings. The number of fused-ring (bicyclic) bond motifs is 1. The Morgan fingerprint density at radius 3 is 2.36 bits per heavy atom. The zero-order valence-electron chi connectivity index (χ0n) is 11.7. The van der Waals surface area contributed by atoms with Gasteiger partial charge in [0.15, 0.2) is 0 Å². The van der Waals surface area contributed by atoms with Gasteiger partial charge in [0.25, 0.3) is 0 Å². The Balaban J connectivity index is 2.59. The SMILES string of the molecule is C[C@@H](C(=O)O)N(C(N)c1cccc2ccccc12)S(=O)(=O)O. The van der Waals surface area contributed by atoms with Crippen LogP contribution in [-0.4, -0.2) is 34.4 Å². The lowest BCUT2D eigenvalue weighted by molar-refractivity contribution is -0.141. The molecule has 0 saturated carbocycles. The van der Waals surface area contributed by atoms with Crippen LogP contribution in [0.2, 0.25) is 0 Å². The van der Waals surface area contributed by atoms with Gasteiger partial charge in [0.1, 0.15) is 12.2 Å². The molecule has 0 aliphatic heterocycles. The maximum absolute atomic E-state index is 11.6. The Morgan fingerprint density at radius 1 is 1.18 bits per heavy atom.